The molecule has 1 unspecified atom stereocenters. The highest BCUT2D eigenvalue weighted by molar-refractivity contribution is 6.10. The Hall–Kier alpha value is -3.52. The van der Waals surface area contributed by atoms with E-state index in [1.54, 1.807) is 29.2 Å². The van der Waals surface area contributed by atoms with Gasteiger partial charge in [-0.15, -0.1) is 10.2 Å². The van der Waals surface area contributed by atoms with Crippen LogP contribution < -0.4 is 4.90 Å². The van der Waals surface area contributed by atoms with Crippen molar-refractivity contribution >= 4 is 11.6 Å². The minimum atomic E-state index is -4.74. The average Bonchev–Trinajstić information content (AvgIpc) is 3.52. The molecule has 0 radical (unpaired) electrons. The first kappa shape index (κ1) is 29.5. The molecule has 7 nitrogen and oxygen atoms in total. The van der Waals surface area contributed by atoms with Crippen LogP contribution in [-0.4, -0.2) is 57.8 Å². The van der Waals surface area contributed by atoms with E-state index in [0.29, 0.717) is 15.8 Å². The number of anilines is 1. The Balaban J connectivity index is 1.29. The summed E-state index contributed by atoms with van der Waals surface area (Å²) >= 11 is 0. The number of aromatic nitrogens is 3. The van der Waals surface area contributed by atoms with Gasteiger partial charge in [0.15, 0.2) is 0 Å². The predicted molar refractivity (Wildman–Crippen MR) is 140 cm³/mol. The third kappa shape index (κ3) is 5.39. The van der Waals surface area contributed by atoms with Crippen molar-refractivity contribution in [3.05, 3.63) is 76.4 Å². The summed E-state index contributed by atoms with van der Waals surface area (Å²) in [5.74, 6) is -4.34. The number of hydrogen-bond donors (Lipinski definition) is 0. The zero-order valence-electron chi connectivity index (χ0n) is 23.1. The molecular formula is C29H28F7N5O2. The molecular weight excluding hydrogens is 583 g/mol. The van der Waals surface area contributed by atoms with Crippen LogP contribution >= 0.6 is 0 Å². The first-order valence-corrected chi connectivity index (χ1v) is 13.8. The maximum Gasteiger partial charge on any atom is 0.416 e. The van der Waals surface area contributed by atoms with Gasteiger partial charge in [-0.2, -0.15) is 22.0 Å². The number of benzene rings is 2. The molecule has 43 heavy (non-hydrogen) atoms. The van der Waals surface area contributed by atoms with Crippen LogP contribution in [0.2, 0.25) is 0 Å². The molecule has 0 aliphatic carbocycles. The highest BCUT2D eigenvalue weighted by Crippen LogP contribution is 2.42. The maximum absolute atomic E-state index is 14.2. The van der Waals surface area contributed by atoms with Crippen LogP contribution in [0.3, 0.4) is 0 Å². The summed E-state index contributed by atoms with van der Waals surface area (Å²) in [7, 11) is 0. The molecule has 14 heteroatoms. The number of piperidine rings is 1. The van der Waals surface area contributed by atoms with E-state index in [0.717, 1.165) is 12.4 Å². The minimum Gasteiger partial charge on any atom is -0.379 e. The molecule has 1 amide bonds. The molecule has 1 aromatic heterocycles. The van der Waals surface area contributed by atoms with Gasteiger partial charge in [0.05, 0.1) is 25.3 Å². The summed E-state index contributed by atoms with van der Waals surface area (Å²) in [6.45, 7) is -1.28. The van der Waals surface area contributed by atoms with Crippen molar-refractivity contribution < 1.29 is 40.3 Å². The highest BCUT2D eigenvalue weighted by atomic mass is 19.4. The summed E-state index contributed by atoms with van der Waals surface area (Å²) < 4.78 is 104. The molecule has 2 saturated heterocycles. The van der Waals surface area contributed by atoms with Crippen LogP contribution in [0.25, 0.3) is 0 Å². The number of halogens is 7. The number of carbonyl (C=O) groups is 1. The molecule has 0 spiro atoms. The Morgan fingerprint density at radius 3 is 2.56 bits per heavy atom. The molecule has 1 atom stereocenters. The lowest BCUT2D eigenvalue weighted by Crippen LogP contribution is -2.49. The summed E-state index contributed by atoms with van der Waals surface area (Å²) in [4.78, 5) is 16.5. The van der Waals surface area contributed by atoms with Gasteiger partial charge < -0.3 is 9.64 Å². The number of ether oxygens (including phenoxy) is 1. The van der Waals surface area contributed by atoms with Crippen molar-refractivity contribution in [1.82, 2.24) is 19.7 Å². The second-order valence-corrected chi connectivity index (χ2v) is 11.6. The Morgan fingerprint density at radius 1 is 1.14 bits per heavy atom. The smallest absolute Gasteiger partial charge is 0.379 e. The number of rotatable bonds is 7. The van der Waals surface area contributed by atoms with Crippen LogP contribution in [0.1, 0.15) is 58.3 Å². The van der Waals surface area contributed by atoms with Gasteiger partial charge in [-0.3, -0.25) is 14.3 Å². The Morgan fingerprint density at radius 2 is 1.91 bits per heavy atom. The SMILES string of the molecule is CC1CN(Cc2cc3c(c(C(F)(F)F)c2)CN(c2cccc(C4(Cc5nncn5C(F)F)COC4)c2)C3=O)CCC1(F)F. The van der Waals surface area contributed by atoms with Crippen molar-refractivity contribution in [2.24, 2.45) is 5.92 Å². The first-order chi connectivity index (χ1) is 20.3. The number of nitrogens with zero attached hydrogens (tertiary/aromatic N) is 5. The van der Waals surface area contributed by atoms with Gasteiger partial charge in [0, 0.05) is 55.1 Å². The van der Waals surface area contributed by atoms with Crippen LogP contribution in [0.15, 0.2) is 42.7 Å². The molecule has 4 heterocycles. The number of amides is 1. The van der Waals surface area contributed by atoms with E-state index in [-0.39, 0.29) is 74.7 Å². The Labute approximate surface area is 242 Å². The first-order valence-electron chi connectivity index (χ1n) is 13.8. The van der Waals surface area contributed by atoms with Crippen molar-refractivity contribution in [2.75, 3.05) is 31.2 Å². The second-order valence-electron chi connectivity index (χ2n) is 11.6. The summed E-state index contributed by atoms with van der Waals surface area (Å²) in [6.07, 6.45) is -4.11. The van der Waals surface area contributed by atoms with Crippen molar-refractivity contribution in [3.63, 3.8) is 0 Å². The summed E-state index contributed by atoms with van der Waals surface area (Å²) in [6, 6.07) is 9.10. The van der Waals surface area contributed by atoms with Gasteiger partial charge in [0.2, 0.25) is 0 Å². The van der Waals surface area contributed by atoms with Crippen LogP contribution in [0.4, 0.5) is 36.4 Å². The molecule has 3 aromatic rings. The fraction of sp³-hybridized carbons (Fsp3) is 0.483. The Kier molecular flexibility index (Phi) is 7.27. The van der Waals surface area contributed by atoms with E-state index in [2.05, 4.69) is 10.2 Å². The van der Waals surface area contributed by atoms with Gasteiger partial charge in [0.1, 0.15) is 12.2 Å². The largest absolute Gasteiger partial charge is 0.416 e. The molecule has 6 rings (SSSR count). The van der Waals surface area contributed by atoms with Crippen molar-refractivity contribution in [2.45, 2.75) is 56.9 Å². The number of likely N-dealkylation sites (tertiary alicyclic amines) is 1. The minimum absolute atomic E-state index is 0.00526. The molecule has 0 N–H and O–H groups in total. The fourth-order valence-corrected chi connectivity index (χ4v) is 6.17. The molecule has 0 saturated carbocycles. The van der Waals surface area contributed by atoms with Gasteiger partial charge in [-0.1, -0.05) is 19.1 Å². The number of hydrogen-bond acceptors (Lipinski definition) is 5. The third-order valence-electron chi connectivity index (χ3n) is 8.71. The van der Waals surface area contributed by atoms with E-state index in [1.165, 1.54) is 17.9 Å². The zero-order chi connectivity index (χ0) is 30.7. The maximum atomic E-state index is 14.2. The fourth-order valence-electron chi connectivity index (χ4n) is 6.17. The molecule has 0 bridgehead atoms. The molecule has 3 aliphatic rings. The van der Waals surface area contributed by atoms with E-state index < -0.39 is 41.5 Å². The van der Waals surface area contributed by atoms with Gasteiger partial charge in [-0.05, 0) is 41.0 Å². The van der Waals surface area contributed by atoms with Crippen LogP contribution in [0, 0.1) is 5.92 Å². The highest BCUT2D eigenvalue weighted by Gasteiger charge is 2.45. The van der Waals surface area contributed by atoms with Crippen LogP contribution in [-0.2, 0) is 35.8 Å². The lowest BCUT2D eigenvalue weighted by atomic mass is 9.75. The van der Waals surface area contributed by atoms with E-state index in [1.807, 2.05) is 0 Å². The van der Waals surface area contributed by atoms with E-state index in [4.69, 9.17) is 4.74 Å². The van der Waals surface area contributed by atoms with Crippen molar-refractivity contribution in [3.8, 4) is 0 Å². The molecule has 3 aliphatic heterocycles. The third-order valence-corrected chi connectivity index (χ3v) is 8.71. The molecule has 2 fully saturated rings. The van der Waals surface area contributed by atoms with E-state index in [9.17, 15) is 35.5 Å². The van der Waals surface area contributed by atoms with E-state index >= 15 is 0 Å². The lowest BCUT2D eigenvalue weighted by molar-refractivity contribution is -0.138. The quantitative estimate of drug-likeness (QED) is 0.314. The van der Waals surface area contributed by atoms with Crippen LogP contribution in [0.5, 0.6) is 0 Å². The number of alkyl halides is 7. The summed E-state index contributed by atoms with van der Waals surface area (Å²) in [5, 5.41) is 7.41. The van der Waals surface area contributed by atoms with Gasteiger partial charge in [-0.25, -0.2) is 8.78 Å². The van der Waals surface area contributed by atoms with Gasteiger partial charge in [0.25, 0.3) is 11.8 Å². The molecule has 230 valence electrons. The van der Waals surface area contributed by atoms with Crippen molar-refractivity contribution in [1.29, 1.82) is 0 Å². The average molecular weight is 612 g/mol. The second kappa shape index (κ2) is 10.6. The lowest BCUT2D eigenvalue weighted by Gasteiger charge is -2.42. The predicted octanol–water partition coefficient (Wildman–Crippen LogP) is 5.84. The number of fused-ring (bicyclic) bond motifs is 1. The normalized spacial score (nSPS) is 21.7. The Bertz CT molecular complexity index is 1540. The summed E-state index contributed by atoms with van der Waals surface area (Å²) in [5.41, 5.74) is -0.676. The topological polar surface area (TPSA) is 63.5 Å². The van der Waals surface area contributed by atoms with Gasteiger partial charge >= 0.3 is 12.7 Å². The zero-order valence-corrected chi connectivity index (χ0v) is 23.1. The standard InChI is InChI=1S/C29H28F7N5O2/c1-17-11-39(6-5-28(17,32)33)12-18-7-21-22(23(8-18)29(34,35)36)13-40(25(21)42)20-4-2-3-19(9-20)27(14-43-15-27)10-24-38-37-16-41(24)26(30)31/h2-4,7-9,16-17,26H,5-6,10-15H2,1H3. The number of carbonyl (C=O) groups excluding carboxylic acids is 1. The monoisotopic (exact) mass is 611 g/mol. The molecule has 2 aromatic carbocycles.